The molecule has 0 radical (unpaired) electrons. The monoisotopic (exact) mass is 306 g/mol. The first-order valence-electron chi connectivity index (χ1n) is 6.58. The van der Waals surface area contributed by atoms with Crippen molar-refractivity contribution in [3.63, 3.8) is 0 Å². The molecule has 1 unspecified atom stereocenters. The molecule has 0 bridgehead atoms. The van der Waals surface area contributed by atoms with Gasteiger partial charge >= 0.3 is 0 Å². The number of halogens is 1. The van der Waals surface area contributed by atoms with E-state index in [0.717, 1.165) is 40.4 Å². The smallest absolute Gasteiger partial charge is 0.134 e. The van der Waals surface area contributed by atoms with Crippen LogP contribution < -0.4 is 5.32 Å². The summed E-state index contributed by atoms with van der Waals surface area (Å²) in [7, 11) is 0. The first kappa shape index (κ1) is 13.6. The summed E-state index contributed by atoms with van der Waals surface area (Å²) in [5, 5.41) is 7.27. The third-order valence-corrected chi connectivity index (χ3v) is 3.97. The fraction of sp³-hybridized carbons (Fsp3) is 0.267. The Morgan fingerprint density at radius 2 is 2.30 bits per heavy atom. The SMILES string of the molecule is CCCNC(c1cscn1)c1cc2cc(Cl)ccc2o1. The van der Waals surface area contributed by atoms with Gasteiger partial charge in [0.1, 0.15) is 17.4 Å². The third kappa shape index (κ3) is 2.73. The summed E-state index contributed by atoms with van der Waals surface area (Å²) >= 11 is 7.61. The molecular weight excluding hydrogens is 292 g/mol. The fourth-order valence-corrected chi connectivity index (χ4v) is 2.94. The second-order valence-electron chi connectivity index (χ2n) is 4.63. The number of benzene rings is 1. The minimum absolute atomic E-state index is 0.00706. The van der Waals surface area contributed by atoms with Gasteiger partial charge in [-0.15, -0.1) is 11.3 Å². The van der Waals surface area contributed by atoms with Gasteiger partial charge in [-0.3, -0.25) is 0 Å². The topological polar surface area (TPSA) is 38.1 Å². The molecule has 3 rings (SSSR count). The number of furan rings is 1. The van der Waals surface area contributed by atoms with Crippen LogP contribution in [-0.2, 0) is 0 Å². The van der Waals surface area contributed by atoms with Gasteiger partial charge in [-0.2, -0.15) is 0 Å². The summed E-state index contributed by atoms with van der Waals surface area (Å²) in [4.78, 5) is 4.40. The van der Waals surface area contributed by atoms with Crippen LogP contribution in [0.4, 0.5) is 0 Å². The molecule has 0 fully saturated rings. The summed E-state index contributed by atoms with van der Waals surface area (Å²) in [6.45, 7) is 3.06. The van der Waals surface area contributed by atoms with Gasteiger partial charge in [0.05, 0.1) is 11.2 Å². The predicted molar refractivity (Wildman–Crippen MR) is 83.5 cm³/mol. The molecule has 0 aliphatic heterocycles. The molecule has 20 heavy (non-hydrogen) atoms. The molecule has 3 nitrogen and oxygen atoms in total. The lowest BCUT2D eigenvalue weighted by molar-refractivity contribution is 0.465. The van der Waals surface area contributed by atoms with Gasteiger partial charge in [0.2, 0.25) is 0 Å². The maximum absolute atomic E-state index is 6.02. The lowest BCUT2D eigenvalue weighted by atomic mass is 10.1. The zero-order chi connectivity index (χ0) is 13.9. The summed E-state index contributed by atoms with van der Waals surface area (Å²) in [6.07, 6.45) is 1.06. The highest BCUT2D eigenvalue weighted by molar-refractivity contribution is 7.07. The molecular formula is C15H15ClN2OS. The van der Waals surface area contributed by atoms with Crippen molar-refractivity contribution < 1.29 is 4.42 Å². The zero-order valence-corrected chi connectivity index (χ0v) is 12.7. The van der Waals surface area contributed by atoms with Crippen molar-refractivity contribution in [2.24, 2.45) is 0 Å². The number of hydrogen-bond donors (Lipinski definition) is 1. The summed E-state index contributed by atoms with van der Waals surface area (Å²) in [5.74, 6) is 0.876. The largest absolute Gasteiger partial charge is 0.459 e. The van der Waals surface area contributed by atoms with E-state index < -0.39 is 0 Å². The minimum atomic E-state index is -0.00706. The van der Waals surface area contributed by atoms with Crippen LogP contribution in [0.2, 0.25) is 5.02 Å². The minimum Gasteiger partial charge on any atom is -0.459 e. The van der Waals surface area contributed by atoms with E-state index in [1.54, 1.807) is 11.3 Å². The lowest BCUT2D eigenvalue weighted by Crippen LogP contribution is -2.22. The number of nitrogens with one attached hydrogen (secondary N) is 1. The molecule has 5 heteroatoms. The van der Waals surface area contributed by atoms with Crippen LogP contribution in [0.1, 0.15) is 30.8 Å². The van der Waals surface area contributed by atoms with E-state index in [1.807, 2.05) is 35.2 Å². The number of thiazole rings is 1. The molecule has 1 atom stereocenters. The quantitative estimate of drug-likeness (QED) is 0.746. The summed E-state index contributed by atoms with van der Waals surface area (Å²) in [6, 6.07) is 7.69. The van der Waals surface area contributed by atoms with E-state index in [0.29, 0.717) is 0 Å². The van der Waals surface area contributed by atoms with Crippen molar-refractivity contribution in [2.75, 3.05) is 6.54 Å². The Hall–Kier alpha value is -1.36. The zero-order valence-electron chi connectivity index (χ0n) is 11.1. The van der Waals surface area contributed by atoms with Crippen LogP contribution in [0.15, 0.2) is 39.6 Å². The number of rotatable bonds is 5. The molecule has 0 amide bonds. The summed E-state index contributed by atoms with van der Waals surface area (Å²) < 4.78 is 5.95. The first-order chi connectivity index (χ1) is 9.78. The fourth-order valence-electron chi connectivity index (χ4n) is 2.18. The molecule has 0 saturated heterocycles. The van der Waals surface area contributed by atoms with E-state index >= 15 is 0 Å². The van der Waals surface area contributed by atoms with Crippen molar-refractivity contribution in [1.29, 1.82) is 0 Å². The highest BCUT2D eigenvalue weighted by Crippen LogP contribution is 2.29. The van der Waals surface area contributed by atoms with E-state index in [-0.39, 0.29) is 6.04 Å². The number of hydrogen-bond acceptors (Lipinski definition) is 4. The highest BCUT2D eigenvalue weighted by atomic mass is 35.5. The van der Waals surface area contributed by atoms with Crippen LogP contribution in [-0.4, -0.2) is 11.5 Å². The van der Waals surface area contributed by atoms with Gasteiger partial charge in [0, 0.05) is 15.8 Å². The van der Waals surface area contributed by atoms with Gasteiger partial charge in [-0.1, -0.05) is 18.5 Å². The van der Waals surface area contributed by atoms with Crippen molar-refractivity contribution in [2.45, 2.75) is 19.4 Å². The molecule has 2 heterocycles. The Labute approximate surface area is 126 Å². The molecule has 104 valence electrons. The van der Waals surface area contributed by atoms with Crippen molar-refractivity contribution in [1.82, 2.24) is 10.3 Å². The Balaban J connectivity index is 1.99. The molecule has 0 aliphatic carbocycles. The molecule has 1 N–H and O–H groups in total. The van der Waals surface area contributed by atoms with E-state index in [4.69, 9.17) is 16.0 Å². The molecule has 3 aromatic rings. The van der Waals surface area contributed by atoms with Crippen LogP contribution in [0.5, 0.6) is 0 Å². The van der Waals surface area contributed by atoms with E-state index in [2.05, 4.69) is 17.2 Å². The van der Waals surface area contributed by atoms with Gasteiger partial charge < -0.3 is 9.73 Å². The maximum atomic E-state index is 6.02. The Morgan fingerprint density at radius 3 is 3.05 bits per heavy atom. The molecule has 1 aromatic carbocycles. The van der Waals surface area contributed by atoms with Gasteiger partial charge in [-0.05, 0) is 37.2 Å². The van der Waals surface area contributed by atoms with Crippen LogP contribution in [0.25, 0.3) is 11.0 Å². The highest BCUT2D eigenvalue weighted by Gasteiger charge is 2.19. The van der Waals surface area contributed by atoms with Gasteiger partial charge in [0.25, 0.3) is 0 Å². The Morgan fingerprint density at radius 1 is 1.40 bits per heavy atom. The molecule has 0 saturated carbocycles. The second kappa shape index (κ2) is 5.95. The first-order valence-corrected chi connectivity index (χ1v) is 7.90. The Kier molecular flexibility index (Phi) is 4.05. The Bertz CT molecular complexity index is 693. The third-order valence-electron chi connectivity index (χ3n) is 3.13. The van der Waals surface area contributed by atoms with Crippen molar-refractivity contribution >= 4 is 33.9 Å². The lowest BCUT2D eigenvalue weighted by Gasteiger charge is -2.13. The standard InChI is InChI=1S/C15H15ClN2OS/c1-2-5-17-15(12-8-20-9-18-12)14-7-10-6-11(16)3-4-13(10)19-14/h3-4,6-9,15,17H,2,5H2,1H3. The second-order valence-corrected chi connectivity index (χ2v) is 5.79. The van der Waals surface area contributed by atoms with Gasteiger partial charge in [-0.25, -0.2) is 4.98 Å². The molecule has 0 aliphatic rings. The molecule has 2 aromatic heterocycles. The van der Waals surface area contributed by atoms with Crippen molar-refractivity contribution in [3.8, 4) is 0 Å². The van der Waals surface area contributed by atoms with Crippen LogP contribution >= 0.6 is 22.9 Å². The predicted octanol–water partition coefficient (Wildman–Crippen LogP) is 4.63. The molecule has 0 spiro atoms. The van der Waals surface area contributed by atoms with Crippen molar-refractivity contribution in [3.05, 3.63) is 51.6 Å². The summed E-state index contributed by atoms with van der Waals surface area (Å²) in [5.41, 5.74) is 3.69. The number of aromatic nitrogens is 1. The van der Waals surface area contributed by atoms with Crippen LogP contribution in [0, 0.1) is 0 Å². The maximum Gasteiger partial charge on any atom is 0.134 e. The van der Waals surface area contributed by atoms with Crippen LogP contribution in [0.3, 0.4) is 0 Å². The average molecular weight is 307 g/mol. The number of nitrogens with zero attached hydrogens (tertiary/aromatic N) is 1. The number of fused-ring (bicyclic) bond motifs is 1. The van der Waals surface area contributed by atoms with E-state index in [1.165, 1.54) is 0 Å². The van der Waals surface area contributed by atoms with Gasteiger partial charge in [0.15, 0.2) is 0 Å². The van der Waals surface area contributed by atoms with E-state index in [9.17, 15) is 0 Å². The normalized spacial score (nSPS) is 12.9. The average Bonchev–Trinajstić information content (AvgIpc) is 3.08.